The fraction of sp³-hybridized carbons (Fsp3) is 0.385. The monoisotopic (exact) mass is 248 g/mol. The molecule has 96 valence electrons. The number of ether oxygens (including phenoxy) is 1. The number of benzene rings is 1. The van der Waals surface area contributed by atoms with Gasteiger partial charge < -0.3 is 15.0 Å². The molecular formula is C13H16N2O3. The van der Waals surface area contributed by atoms with E-state index >= 15 is 0 Å². The lowest BCUT2D eigenvalue weighted by Gasteiger charge is -2.27. The molecule has 18 heavy (non-hydrogen) atoms. The highest BCUT2D eigenvalue weighted by Gasteiger charge is 2.17. The Hall–Kier alpha value is -1.88. The van der Waals surface area contributed by atoms with Gasteiger partial charge in [0.1, 0.15) is 6.29 Å². The summed E-state index contributed by atoms with van der Waals surface area (Å²) in [5.74, 6) is 0. The molecule has 1 heterocycles. The van der Waals surface area contributed by atoms with E-state index < -0.39 is 0 Å². The third-order valence-electron chi connectivity index (χ3n) is 3.04. The molecule has 1 N–H and O–H groups in total. The van der Waals surface area contributed by atoms with Gasteiger partial charge in [0.2, 0.25) is 0 Å². The van der Waals surface area contributed by atoms with Gasteiger partial charge in [-0.15, -0.1) is 0 Å². The van der Waals surface area contributed by atoms with Gasteiger partial charge in [-0.25, -0.2) is 4.79 Å². The number of nitrogens with zero attached hydrogens (tertiary/aromatic N) is 1. The van der Waals surface area contributed by atoms with E-state index in [-0.39, 0.29) is 6.03 Å². The van der Waals surface area contributed by atoms with E-state index in [0.717, 1.165) is 11.8 Å². The maximum atomic E-state index is 12.0. The van der Waals surface area contributed by atoms with Crippen molar-refractivity contribution in [3.63, 3.8) is 0 Å². The summed E-state index contributed by atoms with van der Waals surface area (Å²) in [5, 5.41) is 2.83. The van der Waals surface area contributed by atoms with Crippen molar-refractivity contribution in [3.8, 4) is 0 Å². The number of hydrogen-bond acceptors (Lipinski definition) is 3. The number of anilines is 1. The number of hydrogen-bond donors (Lipinski definition) is 1. The van der Waals surface area contributed by atoms with Crippen LogP contribution in [0, 0.1) is 6.92 Å². The number of amides is 2. The van der Waals surface area contributed by atoms with Gasteiger partial charge >= 0.3 is 6.03 Å². The molecule has 0 bridgehead atoms. The number of carbonyl (C=O) groups is 2. The van der Waals surface area contributed by atoms with Crippen LogP contribution in [0.5, 0.6) is 0 Å². The Balaban J connectivity index is 2.08. The summed E-state index contributed by atoms with van der Waals surface area (Å²) in [7, 11) is 0. The van der Waals surface area contributed by atoms with Gasteiger partial charge in [0.25, 0.3) is 0 Å². The maximum absolute atomic E-state index is 12.0. The molecule has 1 aromatic rings. The zero-order chi connectivity index (χ0) is 13.0. The lowest BCUT2D eigenvalue weighted by molar-refractivity contribution is 0.0564. The quantitative estimate of drug-likeness (QED) is 0.810. The Bertz CT molecular complexity index is 454. The topological polar surface area (TPSA) is 58.6 Å². The van der Waals surface area contributed by atoms with Gasteiger partial charge in [0, 0.05) is 24.3 Å². The molecule has 0 spiro atoms. The smallest absolute Gasteiger partial charge is 0.322 e. The second-order valence-corrected chi connectivity index (χ2v) is 4.17. The van der Waals surface area contributed by atoms with Crippen LogP contribution in [0.1, 0.15) is 15.9 Å². The second-order valence-electron chi connectivity index (χ2n) is 4.17. The molecule has 5 heteroatoms. The van der Waals surface area contributed by atoms with E-state index in [1.54, 1.807) is 23.1 Å². The number of urea groups is 1. The van der Waals surface area contributed by atoms with E-state index in [9.17, 15) is 9.59 Å². The highest BCUT2D eigenvalue weighted by atomic mass is 16.5. The molecule has 0 saturated carbocycles. The fourth-order valence-corrected chi connectivity index (χ4v) is 1.88. The highest BCUT2D eigenvalue weighted by Crippen LogP contribution is 2.18. The van der Waals surface area contributed by atoms with Crippen molar-refractivity contribution in [1.29, 1.82) is 0 Å². The van der Waals surface area contributed by atoms with Crippen molar-refractivity contribution in [1.82, 2.24) is 4.90 Å². The van der Waals surface area contributed by atoms with Crippen molar-refractivity contribution in [2.75, 3.05) is 31.6 Å². The summed E-state index contributed by atoms with van der Waals surface area (Å²) in [5.41, 5.74) is 2.06. The third-order valence-corrected chi connectivity index (χ3v) is 3.04. The highest BCUT2D eigenvalue weighted by molar-refractivity contribution is 5.92. The average molecular weight is 248 g/mol. The van der Waals surface area contributed by atoms with Crippen molar-refractivity contribution in [2.45, 2.75) is 6.92 Å². The SMILES string of the molecule is Cc1c(C=O)cccc1NC(=O)N1CCOCC1. The lowest BCUT2D eigenvalue weighted by Crippen LogP contribution is -2.43. The molecule has 0 atom stereocenters. The van der Waals surface area contributed by atoms with E-state index in [0.29, 0.717) is 37.6 Å². The minimum Gasteiger partial charge on any atom is -0.378 e. The van der Waals surface area contributed by atoms with Crippen LogP contribution in [0.4, 0.5) is 10.5 Å². The molecular weight excluding hydrogens is 232 g/mol. The van der Waals surface area contributed by atoms with Crippen LogP contribution >= 0.6 is 0 Å². The summed E-state index contributed by atoms with van der Waals surface area (Å²) >= 11 is 0. The third kappa shape index (κ3) is 2.68. The largest absolute Gasteiger partial charge is 0.378 e. The maximum Gasteiger partial charge on any atom is 0.322 e. The summed E-state index contributed by atoms with van der Waals surface area (Å²) in [6.07, 6.45) is 0.791. The summed E-state index contributed by atoms with van der Waals surface area (Å²) in [4.78, 5) is 24.5. The van der Waals surface area contributed by atoms with Crippen LogP contribution in [-0.2, 0) is 4.74 Å². The Morgan fingerprint density at radius 2 is 2.11 bits per heavy atom. The fourth-order valence-electron chi connectivity index (χ4n) is 1.88. The molecule has 1 aliphatic heterocycles. The molecule has 0 unspecified atom stereocenters. The van der Waals surface area contributed by atoms with Crippen molar-refractivity contribution >= 4 is 18.0 Å². The standard InChI is InChI=1S/C13H16N2O3/c1-10-11(9-16)3-2-4-12(10)14-13(17)15-5-7-18-8-6-15/h2-4,9H,5-8H2,1H3,(H,14,17). The first-order valence-electron chi connectivity index (χ1n) is 5.91. The lowest BCUT2D eigenvalue weighted by atomic mass is 10.1. The Morgan fingerprint density at radius 1 is 1.39 bits per heavy atom. The van der Waals surface area contributed by atoms with Crippen molar-refractivity contribution in [3.05, 3.63) is 29.3 Å². The molecule has 2 rings (SSSR count). The van der Waals surface area contributed by atoms with E-state index in [1.807, 2.05) is 6.92 Å². The van der Waals surface area contributed by atoms with Gasteiger partial charge in [-0.3, -0.25) is 4.79 Å². The van der Waals surface area contributed by atoms with E-state index in [4.69, 9.17) is 4.74 Å². The van der Waals surface area contributed by atoms with Crippen LogP contribution < -0.4 is 5.32 Å². The van der Waals surface area contributed by atoms with Gasteiger partial charge in [0.05, 0.1) is 13.2 Å². The summed E-state index contributed by atoms with van der Waals surface area (Å²) in [6.45, 7) is 4.15. The van der Waals surface area contributed by atoms with Gasteiger partial charge in [0.15, 0.2) is 0 Å². The number of aldehydes is 1. The normalized spacial score (nSPS) is 15.3. The predicted octanol–water partition coefficient (Wildman–Crippen LogP) is 1.67. The molecule has 1 saturated heterocycles. The molecule has 0 aromatic heterocycles. The van der Waals surface area contributed by atoms with E-state index in [1.165, 1.54) is 0 Å². The van der Waals surface area contributed by atoms with Gasteiger partial charge in [-0.1, -0.05) is 12.1 Å². The van der Waals surface area contributed by atoms with E-state index in [2.05, 4.69) is 5.32 Å². The first kappa shape index (κ1) is 12.6. The predicted molar refractivity (Wildman–Crippen MR) is 68.0 cm³/mol. The first-order valence-corrected chi connectivity index (χ1v) is 5.91. The van der Waals surface area contributed by atoms with Crippen LogP contribution in [0.2, 0.25) is 0 Å². The summed E-state index contributed by atoms with van der Waals surface area (Å²) < 4.78 is 5.19. The number of carbonyl (C=O) groups excluding carboxylic acids is 2. The Labute approximate surface area is 106 Å². The number of nitrogens with one attached hydrogen (secondary N) is 1. The molecule has 1 aromatic carbocycles. The molecule has 2 amide bonds. The average Bonchev–Trinajstić information content (AvgIpc) is 2.42. The Kier molecular flexibility index (Phi) is 3.94. The molecule has 1 aliphatic rings. The molecule has 5 nitrogen and oxygen atoms in total. The number of morpholine rings is 1. The first-order chi connectivity index (χ1) is 8.72. The minimum atomic E-state index is -0.149. The van der Waals surface area contributed by atoms with Gasteiger partial charge in [-0.05, 0) is 18.6 Å². The summed E-state index contributed by atoms with van der Waals surface area (Å²) in [6, 6.07) is 5.13. The van der Waals surface area contributed by atoms with Crippen LogP contribution in [0.25, 0.3) is 0 Å². The Morgan fingerprint density at radius 3 is 2.78 bits per heavy atom. The van der Waals surface area contributed by atoms with Crippen molar-refractivity contribution in [2.24, 2.45) is 0 Å². The zero-order valence-electron chi connectivity index (χ0n) is 10.3. The van der Waals surface area contributed by atoms with Crippen LogP contribution in [-0.4, -0.2) is 43.5 Å². The van der Waals surface area contributed by atoms with Crippen LogP contribution in [0.3, 0.4) is 0 Å². The van der Waals surface area contributed by atoms with Crippen molar-refractivity contribution < 1.29 is 14.3 Å². The number of rotatable bonds is 2. The molecule has 0 radical (unpaired) electrons. The van der Waals surface area contributed by atoms with Crippen LogP contribution in [0.15, 0.2) is 18.2 Å². The molecule has 1 fully saturated rings. The zero-order valence-corrected chi connectivity index (χ0v) is 10.3. The van der Waals surface area contributed by atoms with Gasteiger partial charge in [-0.2, -0.15) is 0 Å². The second kappa shape index (κ2) is 5.64. The molecule has 0 aliphatic carbocycles. The minimum absolute atomic E-state index is 0.149.